The first kappa shape index (κ1) is 12.2. The highest BCUT2D eigenvalue weighted by atomic mass is 16.5. The number of aryl methyl sites for hydroxylation is 2. The van der Waals surface area contributed by atoms with Gasteiger partial charge in [-0.05, 0) is 36.0 Å². The van der Waals surface area contributed by atoms with Crippen LogP contribution in [0.4, 0.5) is 0 Å². The zero-order valence-corrected chi connectivity index (χ0v) is 10.8. The van der Waals surface area contributed by atoms with Crippen molar-refractivity contribution in [2.45, 2.75) is 31.8 Å². The van der Waals surface area contributed by atoms with Crippen molar-refractivity contribution in [3.8, 4) is 0 Å². The Balaban J connectivity index is 1.71. The molecule has 1 aliphatic heterocycles. The molecule has 1 unspecified atom stereocenters. The summed E-state index contributed by atoms with van der Waals surface area (Å²) in [6, 6.07) is 7.04. The molecule has 1 aliphatic carbocycles. The summed E-state index contributed by atoms with van der Waals surface area (Å²) in [7, 11) is 0. The van der Waals surface area contributed by atoms with Crippen LogP contribution in [0.25, 0.3) is 0 Å². The van der Waals surface area contributed by atoms with E-state index >= 15 is 0 Å². The predicted octanol–water partition coefficient (Wildman–Crippen LogP) is 1.37. The Hall–Kier alpha value is -0.900. The maximum Gasteiger partial charge on any atom is 0.0644 e. The minimum Gasteiger partial charge on any atom is -0.395 e. The zero-order chi connectivity index (χ0) is 12.4. The molecule has 3 rings (SSSR count). The third-order valence-corrected chi connectivity index (χ3v) is 4.11. The van der Waals surface area contributed by atoms with Gasteiger partial charge in [0.25, 0.3) is 0 Å². The van der Waals surface area contributed by atoms with Gasteiger partial charge in [0, 0.05) is 13.1 Å². The molecular formula is C15H21NO2. The molecule has 1 atom stereocenters. The Labute approximate surface area is 108 Å². The van der Waals surface area contributed by atoms with E-state index in [1.807, 2.05) is 0 Å². The molecule has 0 amide bonds. The lowest BCUT2D eigenvalue weighted by Gasteiger charge is -2.34. The van der Waals surface area contributed by atoms with Crippen LogP contribution >= 0.6 is 0 Å². The van der Waals surface area contributed by atoms with Crippen molar-refractivity contribution in [2.24, 2.45) is 0 Å². The van der Waals surface area contributed by atoms with Crippen molar-refractivity contribution >= 4 is 0 Å². The lowest BCUT2D eigenvalue weighted by molar-refractivity contribution is -0.0312. The summed E-state index contributed by atoms with van der Waals surface area (Å²) in [5.41, 5.74) is 4.43. The summed E-state index contributed by atoms with van der Waals surface area (Å²) in [6.45, 7) is 3.47. The van der Waals surface area contributed by atoms with Crippen molar-refractivity contribution < 1.29 is 9.84 Å². The molecule has 1 aromatic carbocycles. The average Bonchev–Trinajstić information content (AvgIpc) is 2.87. The number of aliphatic hydroxyl groups is 1. The van der Waals surface area contributed by atoms with Crippen molar-refractivity contribution in [3.63, 3.8) is 0 Å². The summed E-state index contributed by atoms with van der Waals surface area (Å²) >= 11 is 0. The van der Waals surface area contributed by atoms with E-state index in [9.17, 15) is 5.11 Å². The van der Waals surface area contributed by atoms with Crippen molar-refractivity contribution in [1.82, 2.24) is 4.90 Å². The van der Waals surface area contributed by atoms with Crippen LogP contribution in [-0.4, -0.2) is 42.4 Å². The number of benzene rings is 1. The molecule has 1 aromatic rings. The van der Waals surface area contributed by atoms with E-state index in [2.05, 4.69) is 23.1 Å². The molecule has 3 nitrogen and oxygen atoms in total. The Morgan fingerprint density at radius 3 is 3.06 bits per heavy atom. The molecule has 98 valence electrons. The lowest BCUT2D eigenvalue weighted by Crippen LogP contribution is -2.46. The first-order valence-electron chi connectivity index (χ1n) is 6.90. The second kappa shape index (κ2) is 5.39. The van der Waals surface area contributed by atoms with Crippen LogP contribution in [0, 0.1) is 0 Å². The minimum absolute atomic E-state index is 0.159. The molecule has 1 fully saturated rings. The van der Waals surface area contributed by atoms with E-state index in [0.717, 1.165) is 19.7 Å². The SMILES string of the molecule is OCC1COCCN1Cc1ccc2c(c1)CCC2. The Morgan fingerprint density at radius 2 is 2.17 bits per heavy atom. The number of fused-ring (bicyclic) bond motifs is 1. The van der Waals surface area contributed by atoms with Gasteiger partial charge in [-0.3, -0.25) is 4.90 Å². The standard InChI is InChI=1S/C15H21NO2/c17-10-15-11-18-7-6-16(15)9-12-4-5-13-2-1-3-14(13)8-12/h4-5,8,15,17H,1-3,6-7,9-11H2. The van der Waals surface area contributed by atoms with E-state index in [4.69, 9.17) is 4.74 Å². The first-order chi connectivity index (χ1) is 8.86. The number of rotatable bonds is 3. The fourth-order valence-electron chi connectivity index (χ4n) is 3.02. The van der Waals surface area contributed by atoms with Crippen LogP contribution in [-0.2, 0) is 24.1 Å². The molecule has 0 radical (unpaired) electrons. The Morgan fingerprint density at radius 1 is 1.28 bits per heavy atom. The molecule has 0 bridgehead atoms. The third-order valence-electron chi connectivity index (χ3n) is 4.11. The second-order valence-corrected chi connectivity index (χ2v) is 5.34. The number of nitrogens with zero attached hydrogens (tertiary/aromatic N) is 1. The molecule has 0 saturated carbocycles. The van der Waals surface area contributed by atoms with Gasteiger partial charge in [-0.15, -0.1) is 0 Å². The van der Waals surface area contributed by atoms with Crippen molar-refractivity contribution in [1.29, 1.82) is 0 Å². The molecule has 2 aliphatic rings. The number of aliphatic hydroxyl groups excluding tert-OH is 1. The number of hydrogen-bond acceptors (Lipinski definition) is 3. The highest BCUT2D eigenvalue weighted by Gasteiger charge is 2.22. The highest BCUT2D eigenvalue weighted by molar-refractivity contribution is 5.35. The van der Waals surface area contributed by atoms with Crippen LogP contribution in [0.15, 0.2) is 18.2 Å². The molecule has 1 N–H and O–H groups in total. The van der Waals surface area contributed by atoms with E-state index < -0.39 is 0 Å². The first-order valence-corrected chi connectivity index (χ1v) is 6.90. The van der Waals surface area contributed by atoms with Crippen LogP contribution < -0.4 is 0 Å². The topological polar surface area (TPSA) is 32.7 Å². The number of hydrogen-bond donors (Lipinski definition) is 1. The van der Waals surface area contributed by atoms with Gasteiger partial charge in [0.05, 0.1) is 25.9 Å². The molecule has 3 heteroatoms. The van der Waals surface area contributed by atoms with E-state index in [1.165, 1.54) is 36.0 Å². The van der Waals surface area contributed by atoms with E-state index in [0.29, 0.717) is 6.61 Å². The summed E-state index contributed by atoms with van der Waals surface area (Å²) in [5, 5.41) is 9.37. The molecule has 1 heterocycles. The molecule has 18 heavy (non-hydrogen) atoms. The van der Waals surface area contributed by atoms with Gasteiger partial charge in [-0.25, -0.2) is 0 Å². The van der Waals surface area contributed by atoms with Gasteiger partial charge >= 0.3 is 0 Å². The van der Waals surface area contributed by atoms with Gasteiger partial charge in [0.2, 0.25) is 0 Å². The van der Waals surface area contributed by atoms with Gasteiger partial charge in [0.15, 0.2) is 0 Å². The largest absolute Gasteiger partial charge is 0.395 e. The third kappa shape index (κ3) is 2.44. The quantitative estimate of drug-likeness (QED) is 0.875. The lowest BCUT2D eigenvalue weighted by atomic mass is 10.1. The van der Waals surface area contributed by atoms with Crippen LogP contribution in [0.5, 0.6) is 0 Å². The molecule has 1 saturated heterocycles. The number of morpholine rings is 1. The summed E-state index contributed by atoms with van der Waals surface area (Å²) in [6.07, 6.45) is 3.78. The minimum atomic E-state index is 0.159. The normalized spacial score (nSPS) is 24.2. The van der Waals surface area contributed by atoms with E-state index in [-0.39, 0.29) is 12.6 Å². The van der Waals surface area contributed by atoms with Crippen LogP contribution in [0.3, 0.4) is 0 Å². The van der Waals surface area contributed by atoms with Gasteiger partial charge in [-0.2, -0.15) is 0 Å². The van der Waals surface area contributed by atoms with Crippen molar-refractivity contribution in [3.05, 3.63) is 34.9 Å². The summed E-state index contributed by atoms with van der Waals surface area (Å²) in [5.74, 6) is 0. The molecule has 0 aromatic heterocycles. The fraction of sp³-hybridized carbons (Fsp3) is 0.600. The predicted molar refractivity (Wildman–Crippen MR) is 70.6 cm³/mol. The molecule has 0 spiro atoms. The monoisotopic (exact) mass is 247 g/mol. The summed E-state index contributed by atoms with van der Waals surface area (Å²) < 4.78 is 5.41. The van der Waals surface area contributed by atoms with Gasteiger partial charge < -0.3 is 9.84 Å². The smallest absolute Gasteiger partial charge is 0.0644 e. The second-order valence-electron chi connectivity index (χ2n) is 5.34. The van der Waals surface area contributed by atoms with Crippen LogP contribution in [0.1, 0.15) is 23.1 Å². The van der Waals surface area contributed by atoms with Gasteiger partial charge in [0.1, 0.15) is 0 Å². The summed E-state index contributed by atoms with van der Waals surface area (Å²) in [4.78, 5) is 2.33. The number of ether oxygens (including phenoxy) is 1. The highest BCUT2D eigenvalue weighted by Crippen LogP contribution is 2.24. The van der Waals surface area contributed by atoms with E-state index in [1.54, 1.807) is 0 Å². The average molecular weight is 247 g/mol. The molecular weight excluding hydrogens is 226 g/mol. The van der Waals surface area contributed by atoms with Crippen LogP contribution in [0.2, 0.25) is 0 Å². The maximum absolute atomic E-state index is 9.37. The zero-order valence-electron chi connectivity index (χ0n) is 10.8. The fourth-order valence-corrected chi connectivity index (χ4v) is 3.02. The Bertz CT molecular complexity index is 419. The van der Waals surface area contributed by atoms with Crippen molar-refractivity contribution in [2.75, 3.05) is 26.4 Å². The maximum atomic E-state index is 9.37. The van der Waals surface area contributed by atoms with Gasteiger partial charge in [-0.1, -0.05) is 18.2 Å². The Kier molecular flexibility index (Phi) is 3.64.